The number of thiophene rings is 1. The molecule has 4 aromatic rings. The zero-order valence-corrected chi connectivity index (χ0v) is 16.4. The fourth-order valence-electron chi connectivity index (χ4n) is 3.63. The predicted molar refractivity (Wildman–Crippen MR) is 109 cm³/mol. The number of aryl methyl sites for hydroxylation is 2. The molecule has 0 fully saturated rings. The highest BCUT2D eigenvalue weighted by Gasteiger charge is 2.21. The monoisotopic (exact) mass is 395 g/mol. The SMILES string of the molecule is COc1ccccc1-c1nc(Cn2cnc3sc4c(c3c2=O)CCC4)cs1. The Balaban J connectivity index is 1.51. The maximum absolute atomic E-state index is 13.0. The molecule has 3 heterocycles. The summed E-state index contributed by atoms with van der Waals surface area (Å²) in [5.41, 5.74) is 3.09. The molecule has 0 spiro atoms. The second kappa shape index (κ2) is 6.58. The van der Waals surface area contributed by atoms with Gasteiger partial charge in [-0.1, -0.05) is 12.1 Å². The van der Waals surface area contributed by atoms with Crippen LogP contribution in [-0.4, -0.2) is 21.6 Å². The van der Waals surface area contributed by atoms with Crippen molar-refractivity contribution in [2.75, 3.05) is 7.11 Å². The molecule has 0 saturated carbocycles. The summed E-state index contributed by atoms with van der Waals surface area (Å²) in [4.78, 5) is 24.5. The number of nitrogens with zero attached hydrogens (tertiary/aromatic N) is 3. The van der Waals surface area contributed by atoms with Gasteiger partial charge in [0.15, 0.2) is 0 Å². The summed E-state index contributed by atoms with van der Waals surface area (Å²) in [5, 5.41) is 3.70. The highest BCUT2D eigenvalue weighted by molar-refractivity contribution is 7.18. The van der Waals surface area contributed by atoms with Crippen LogP contribution in [0.3, 0.4) is 0 Å². The van der Waals surface area contributed by atoms with Crippen molar-refractivity contribution in [3.8, 4) is 16.3 Å². The van der Waals surface area contributed by atoms with Crippen molar-refractivity contribution in [1.82, 2.24) is 14.5 Å². The molecule has 0 amide bonds. The van der Waals surface area contributed by atoms with Gasteiger partial charge >= 0.3 is 0 Å². The van der Waals surface area contributed by atoms with Crippen LogP contribution in [0.4, 0.5) is 0 Å². The summed E-state index contributed by atoms with van der Waals surface area (Å²) in [6.45, 7) is 0.429. The lowest BCUT2D eigenvalue weighted by atomic mass is 10.2. The number of rotatable bonds is 4. The van der Waals surface area contributed by atoms with Crippen molar-refractivity contribution in [1.29, 1.82) is 0 Å². The van der Waals surface area contributed by atoms with E-state index < -0.39 is 0 Å². The first-order valence-corrected chi connectivity index (χ1v) is 10.5. The maximum Gasteiger partial charge on any atom is 0.262 e. The number of aromatic nitrogens is 3. The van der Waals surface area contributed by atoms with E-state index in [0.29, 0.717) is 6.54 Å². The van der Waals surface area contributed by atoms with Crippen LogP contribution in [0.2, 0.25) is 0 Å². The van der Waals surface area contributed by atoms with E-state index in [2.05, 4.69) is 4.98 Å². The third kappa shape index (κ3) is 2.78. The quantitative estimate of drug-likeness (QED) is 0.521. The van der Waals surface area contributed by atoms with Crippen molar-refractivity contribution in [3.63, 3.8) is 0 Å². The molecule has 3 aromatic heterocycles. The van der Waals surface area contributed by atoms with Gasteiger partial charge in [-0.3, -0.25) is 9.36 Å². The summed E-state index contributed by atoms with van der Waals surface area (Å²) >= 11 is 3.23. The highest BCUT2D eigenvalue weighted by Crippen LogP contribution is 2.35. The van der Waals surface area contributed by atoms with E-state index in [-0.39, 0.29) is 5.56 Å². The Morgan fingerprint density at radius 3 is 3.04 bits per heavy atom. The molecule has 5 rings (SSSR count). The minimum Gasteiger partial charge on any atom is -0.496 e. The van der Waals surface area contributed by atoms with Crippen LogP contribution >= 0.6 is 22.7 Å². The second-order valence-corrected chi connectivity index (χ2v) is 8.50. The summed E-state index contributed by atoms with van der Waals surface area (Å²) < 4.78 is 7.11. The minimum atomic E-state index is 0.0474. The van der Waals surface area contributed by atoms with Crippen LogP contribution in [-0.2, 0) is 19.4 Å². The molecule has 5 nitrogen and oxygen atoms in total. The highest BCUT2D eigenvalue weighted by atomic mass is 32.1. The van der Waals surface area contributed by atoms with E-state index in [1.165, 1.54) is 10.4 Å². The van der Waals surface area contributed by atoms with Gasteiger partial charge in [-0.2, -0.15) is 0 Å². The topological polar surface area (TPSA) is 57.0 Å². The van der Waals surface area contributed by atoms with Gasteiger partial charge in [-0.15, -0.1) is 22.7 Å². The van der Waals surface area contributed by atoms with E-state index in [1.54, 1.807) is 40.7 Å². The molecule has 1 aliphatic rings. The number of fused-ring (bicyclic) bond motifs is 3. The van der Waals surface area contributed by atoms with Gasteiger partial charge < -0.3 is 4.74 Å². The average Bonchev–Trinajstić information content (AvgIpc) is 3.40. The normalized spacial score (nSPS) is 13.2. The van der Waals surface area contributed by atoms with Crippen molar-refractivity contribution < 1.29 is 4.74 Å². The molecular weight excluding hydrogens is 378 g/mol. The molecule has 0 bridgehead atoms. The average molecular weight is 396 g/mol. The van der Waals surface area contributed by atoms with Gasteiger partial charge in [-0.05, 0) is 37.0 Å². The van der Waals surface area contributed by atoms with Gasteiger partial charge in [0.1, 0.15) is 15.6 Å². The van der Waals surface area contributed by atoms with E-state index in [4.69, 9.17) is 9.72 Å². The molecule has 1 aliphatic carbocycles. The van der Waals surface area contributed by atoms with Crippen LogP contribution < -0.4 is 10.3 Å². The molecular formula is C20H17N3O2S2. The first-order chi connectivity index (χ1) is 13.2. The zero-order chi connectivity index (χ0) is 18.4. The van der Waals surface area contributed by atoms with Crippen molar-refractivity contribution in [2.45, 2.75) is 25.8 Å². The lowest BCUT2D eigenvalue weighted by molar-refractivity contribution is 0.416. The predicted octanol–water partition coefficient (Wildman–Crippen LogP) is 4.13. The lowest BCUT2D eigenvalue weighted by Gasteiger charge is -2.05. The first kappa shape index (κ1) is 16.6. The summed E-state index contributed by atoms with van der Waals surface area (Å²) in [6.07, 6.45) is 4.85. The maximum atomic E-state index is 13.0. The lowest BCUT2D eigenvalue weighted by Crippen LogP contribution is -2.21. The Hall–Kier alpha value is -2.51. The van der Waals surface area contributed by atoms with Gasteiger partial charge in [-0.25, -0.2) is 9.97 Å². The molecule has 0 radical (unpaired) electrons. The number of thiazole rings is 1. The van der Waals surface area contributed by atoms with Crippen molar-refractivity contribution in [2.24, 2.45) is 0 Å². The second-order valence-electron chi connectivity index (χ2n) is 6.56. The number of hydrogen-bond acceptors (Lipinski definition) is 6. The van der Waals surface area contributed by atoms with Crippen molar-refractivity contribution in [3.05, 3.63) is 62.5 Å². The summed E-state index contributed by atoms with van der Waals surface area (Å²) in [6, 6.07) is 7.83. The van der Waals surface area contributed by atoms with Crippen LogP contribution in [0, 0.1) is 0 Å². The standard InChI is InChI=1S/C20H17N3O2S2/c1-25-15-7-3-2-5-13(15)18-22-12(10-26-18)9-23-11-21-19-17(20(23)24)14-6-4-8-16(14)27-19/h2-3,5,7,10-11H,4,6,8-9H2,1H3. The molecule has 27 heavy (non-hydrogen) atoms. The van der Waals surface area contributed by atoms with E-state index >= 15 is 0 Å². The van der Waals surface area contributed by atoms with Crippen LogP contribution in [0.25, 0.3) is 20.8 Å². The van der Waals surface area contributed by atoms with Gasteiger partial charge in [0, 0.05) is 10.3 Å². The molecule has 0 N–H and O–H groups in total. The van der Waals surface area contributed by atoms with Crippen LogP contribution in [0.1, 0.15) is 22.6 Å². The Morgan fingerprint density at radius 2 is 2.15 bits per heavy atom. The fourth-order valence-corrected chi connectivity index (χ4v) is 5.69. The van der Waals surface area contributed by atoms with Gasteiger partial charge in [0.2, 0.25) is 0 Å². The Labute approximate surface area is 163 Å². The third-order valence-electron chi connectivity index (χ3n) is 4.91. The van der Waals surface area contributed by atoms with Crippen LogP contribution in [0.5, 0.6) is 5.75 Å². The van der Waals surface area contributed by atoms with E-state index in [0.717, 1.165) is 51.5 Å². The van der Waals surface area contributed by atoms with E-state index in [1.807, 2.05) is 29.6 Å². The number of ether oxygens (including phenoxy) is 1. The number of para-hydroxylation sites is 1. The molecule has 136 valence electrons. The summed E-state index contributed by atoms with van der Waals surface area (Å²) in [5.74, 6) is 0.799. The largest absolute Gasteiger partial charge is 0.496 e. The number of benzene rings is 1. The molecule has 0 atom stereocenters. The number of hydrogen-bond donors (Lipinski definition) is 0. The molecule has 0 unspecified atom stereocenters. The van der Waals surface area contributed by atoms with Gasteiger partial charge in [0.05, 0.1) is 36.6 Å². The Bertz CT molecular complexity index is 1210. The van der Waals surface area contributed by atoms with Crippen molar-refractivity contribution >= 4 is 32.9 Å². The van der Waals surface area contributed by atoms with Crippen LogP contribution in [0.15, 0.2) is 40.8 Å². The first-order valence-electron chi connectivity index (χ1n) is 8.82. The molecule has 1 aromatic carbocycles. The minimum absolute atomic E-state index is 0.0474. The summed E-state index contributed by atoms with van der Waals surface area (Å²) in [7, 11) is 1.66. The zero-order valence-electron chi connectivity index (χ0n) is 14.8. The number of methoxy groups -OCH3 is 1. The smallest absolute Gasteiger partial charge is 0.262 e. The molecule has 0 aliphatic heterocycles. The Morgan fingerprint density at radius 1 is 1.26 bits per heavy atom. The third-order valence-corrected chi connectivity index (χ3v) is 7.04. The Kier molecular flexibility index (Phi) is 4.06. The fraction of sp³-hybridized carbons (Fsp3) is 0.250. The molecule has 7 heteroatoms. The van der Waals surface area contributed by atoms with E-state index in [9.17, 15) is 4.79 Å². The van der Waals surface area contributed by atoms with Gasteiger partial charge in [0.25, 0.3) is 5.56 Å². The molecule has 0 saturated heterocycles.